The minimum atomic E-state index is -0.170. The van der Waals surface area contributed by atoms with Gasteiger partial charge in [-0.2, -0.15) is 0 Å². The fourth-order valence-corrected chi connectivity index (χ4v) is 2.96. The Morgan fingerprint density at radius 2 is 2.17 bits per heavy atom. The monoisotopic (exact) mass is 313 g/mol. The second kappa shape index (κ2) is 5.61. The van der Waals surface area contributed by atoms with Gasteiger partial charge in [0.05, 0.1) is 5.56 Å². The molecule has 4 nitrogen and oxygen atoms in total. The molecule has 0 spiro atoms. The van der Waals surface area contributed by atoms with Gasteiger partial charge in [0.2, 0.25) is 0 Å². The van der Waals surface area contributed by atoms with Gasteiger partial charge in [0.15, 0.2) is 0 Å². The third-order valence-electron chi connectivity index (χ3n) is 3.28. The Morgan fingerprint density at radius 3 is 2.83 bits per heavy atom. The lowest BCUT2D eigenvalue weighted by atomic mass is 10.0. The van der Waals surface area contributed by atoms with Crippen LogP contribution in [-0.2, 0) is 0 Å². The van der Waals surface area contributed by atoms with Gasteiger partial charge in [-0.05, 0) is 31.4 Å². The van der Waals surface area contributed by atoms with E-state index in [1.165, 1.54) is 18.2 Å². The number of alkyl halides is 1. The van der Waals surface area contributed by atoms with Crippen LogP contribution in [0, 0.1) is 0 Å². The lowest BCUT2D eigenvalue weighted by Crippen LogP contribution is -2.44. The molecule has 1 heterocycles. The molecule has 1 amide bonds. The van der Waals surface area contributed by atoms with E-state index < -0.39 is 0 Å². The molecular weight excluding hydrogens is 298 g/mol. The van der Waals surface area contributed by atoms with Crippen molar-refractivity contribution in [3.8, 4) is 11.5 Å². The standard InChI is InChI=1S/C13H16BrNO3/c14-8-9-3-1-2-6-15(9)13(18)11-5-4-10(16)7-12(11)17/h4-5,7,9,16-17H,1-3,6,8H2. The van der Waals surface area contributed by atoms with Gasteiger partial charge in [0.25, 0.3) is 5.91 Å². The van der Waals surface area contributed by atoms with E-state index in [2.05, 4.69) is 15.9 Å². The summed E-state index contributed by atoms with van der Waals surface area (Å²) >= 11 is 3.43. The zero-order valence-corrected chi connectivity index (χ0v) is 11.6. The molecule has 1 atom stereocenters. The van der Waals surface area contributed by atoms with Crippen molar-refractivity contribution < 1.29 is 15.0 Å². The minimum absolute atomic E-state index is 0.0419. The number of amides is 1. The van der Waals surface area contributed by atoms with Gasteiger partial charge >= 0.3 is 0 Å². The average Bonchev–Trinajstić information content (AvgIpc) is 2.38. The van der Waals surface area contributed by atoms with Gasteiger partial charge in [-0.3, -0.25) is 4.79 Å². The number of rotatable bonds is 2. The highest BCUT2D eigenvalue weighted by Crippen LogP contribution is 2.27. The highest BCUT2D eigenvalue weighted by molar-refractivity contribution is 9.09. The summed E-state index contributed by atoms with van der Waals surface area (Å²) in [5.74, 6) is -0.379. The molecule has 2 N–H and O–H groups in total. The molecule has 0 saturated carbocycles. The number of carbonyl (C=O) groups excluding carboxylic acids is 1. The summed E-state index contributed by atoms with van der Waals surface area (Å²) in [6, 6.07) is 4.26. The number of phenols is 2. The number of piperidine rings is 1. The molecule has 0 bridgehead atoms. The molecular formula is C13H16BrNO3. The summed E-state index contributed by atoms with van der Waals surface area (Å²) < 4.78 is 0. The van der Waals surface area contributed by atoms with Crippen molar-refractivity contribution in [1.82, 2.24) is 4.90 Å². The number of aromatic hydroxyl groups is 2. The van der Waals surface area contributed by atoms with Crippen LogP contribution in [0.15, 0.2) is 18.2 Å². The molecule has 98 valence electrons. The lowest BCUT2D eigenvalue weighted by Gasteiger charge is -2.34. The van der Waals surface area contributed by atoms with Crippen LogP contribution in [0.1, 0.15) is 29.6 Å². The molecule has 1 aliphatic rings. The van der Waals surface area contributed by atoms with Crippen molar-refractivity contribution in [2.45, 2.75) is 25.3 Å². The normalized spacial score (nSPS) is 19.8. The smallest absolute Gasteiger partial charge is 0.257 e. The number of nitrogens with zero attached hydrogens (tertiary/aromatic N) is 1. The second-order valence-electron chi connectivity index (χ2n) is 4.50. The third kappa shape index (κ3) is 2.61. The van der Waals surface area contributed by atoms with Gasteiger partial charge in [0.1, 0.15) is 11.5 Å². The first-order valence-electron chi connectivity index (χ1n) is 6.02. The van der Waals surface area contributed by atoms with Crippen LogP contribution in [-0.4, -0.2) is 38.9 Å². The number of carbonyl (C=O) groups is 1. The largest absolute Gasteiger partial charge is 0.508 e. The predicted molar refractivity (Wildman–Crippen MR) is 72.2 cm³/mol. The topological polar surface area (TPSA) is 60.8 Å². The Labute approximate surface area is 114 Å². The maximum absolute atomic E-state index is 12.4. The van der Waals surface area contributed by atoms with Gasteiger partial charge in [0, 0.05) is 24.0 Å². The average molecular weight is 314 g/mol. The van der Waals surface area contributed by atoms with Crippen molar-refractivity contribution >= 4 is 21.8 Å². The summed E-state index contributed by atoms with van der Waals surface area (Å²) in [7, 11) is 0. The van der Waals surface area contributed by atoms with Crippen LogP contribution in [0.4, 0.5) is 0 Å². The van der Waals surface area contributed by atoms with Gasteiger partial charge in [-0.25, -0.2) is 0 Å². The number of phenolic OH excluding ortho intramolecular Hbond substituents is 2. The van der Waals surface area contributed by atoms with E-state index in [4.69, 9.17) is 0 Å². The van der Waals surface area contributed by atoms with Crippen molar-refractivity contribution in [2.75, 3.05) is 11.9 Å². The zero-order valence-electron chi connectivity index (χ0n) is 9.97. The SMILES string of the molecule is O=C(c1ccc(O)cc1O)N1CCCCC1CBr. The summed E-state index contributed by atoms with van der Waals surface area (Å²) in [6.07, 6.45) is 3.10. The first-order chi connectivity index (χ1) is 8.63. The molecule has 1 saturated heterocycles. The van der Waals surface area contributed by atoms with E-state index in [0.29, 0.717) is 0 Å². The molecule has 1 fully saturated rings. The molecule has 1 aromatic rings. The molecule has 1 unspecified atom stereocenters. The van der Waals surface area contributed by atoms with Crippen LogP contribution < -0.4 is 0 Å². The summed E-state index contributed by atoms with van der Waals surface area (Å²) in [6.45, 7) is 0.718. The van der Waals surface area contributed by atoms with Crippen molar-refractivity contribution in [3.63, 3.8) is 0 Å². The van der Waals surface area contributed by atoms with Crippen molar-refractivity contribution in [1.29, 1.82) is 0 Å². The van der Waals surface area contributed by atoms with Crippen LogP contribution >= 0.6 is 15.9 Å². The summed E-state index contributed by atoms with van der Waals surface area (Å²) in [4.78, 5) is 14.2. The van der Waals surface area contributed by atoms with Crippen LogP contribution in [0.3, 0.4) is 0 Å². The predicted octanol–water partition coefficient (Wildman–Crippen LogP) is 2.49. The maximum atomic E-state index is 12.4. The Hall–Kier alpha value is -1.23. The Morgan fingerprint density at radius 1 is 1.39 bits per heavy atom. The Balaban J connectivity index is 2.24. The van der Waals surface area contributed by atoms with E-state index in [1.54, 1.807) is 4.90 Å². The van der Waals surface area contributed by atoms with E-state index >= 15 is 0 Å². The van der Waals surface area contributed by atoms with Gasteiger partial charge in [-0.1, -0.05) is 15.9 Å². The van der Waals surface area contributed by atoms with Crippen LogP contribution in [0.5, 0.6) is 11.5 Å². The maximum Gasteiger partial charge on any atom is 0.257 e. The lowest BCUT2D eigenvalue weighted by molar-refractivity contribution is 0.0639. The number of benzene rings is 1. The molecule has 1 aromatic carbocycles. The minimum Gasteiger partial charge on any atom is -0.508 e. The second-order valence-corrected chi connectivity index (χ2v) is 5.15. The molecule has 0 aromatic heterocycles. The first-order valence-corrected chi connectivity index (χ1v) is 7.14. The fourth-order valence-electron chi connectivity index (χ4n) is 2.28. The van der Waals surface area contributed by atoms with Gasteiger partial charge < -0.3 is 15.1 Å². The number of likely N-dealkylation sites (tertiary alicyclic amines) is 1. The molecule has 0 radical (unpaired) electrons. The van der Waals surface area contributed by atoms with Crippen LogP contribution in [0.2, 0.25) is 0 Å². The molecule has 18 heavy (non-hydrogen) atoms. The number of hydrogen-bond donors (Lipinski definition) is 2. The zero-order chi connectivity index (χ0) is 13.1. The van der Waals surface area contributed by atoms with E-state index in [-0.39, 0.29) is 29.0 Å². The van der Waals surface area contributed by atoms with E-state index in [9.17, 15) is 15.0 Å². The molecule has 1 aliphatic heterocycles. The number of halogens is 1. The molecule has 2 rings (SSSR count). The van der Waals surface area contributed by atoms with E-state index in [0.717, 1.165) is 31.1 Å². The van der Waals surface area contributed by atoms with Gasteiger partial charge in [-0.15, -0.1) is 0 Å². The molecule has 0 aliphatic carbocycles. The Kier molecular flexibility index (Phi) is 4.11. The fraction of sp³-hybridized carbons (Fsp3) is 0.462. The highest BCUT2D eigenvalue weighted by Gasteiger charge is 2.28. The van der Waals surface area contributed by atoms with Crippen molar-refractivity contribution in [2.24, 2.45) is 0 Å². The summed E-state index contributed by atoms with van der Waals surface area (Å²) in [5.41, 5.74) is 0.251. The third-order valence-corrected chi connectivity index (χ3v) is 4.03. The first kappa shape index (κ1) is 13.2. The van der Waals surface area contributed by atoms with Crippen LogP contribution in [0.25, 0.3) is 0 Å². The quantitative estimate of drug-likeness (QED) is 0.825. The van der Waals surface area contributed by atoms with Crippen molar-refractivity contribution in [3.05, 3.63) is 23.8 Å². The highest BCUT2D eigenvalue weighted by atomic mass is 79.9. The Bertz CT molecular complexity index is 450. The number of hydrogen-bond acceptors (Lipinski definition) is 3. The summed E-state index contributed by atoms with van der Waals surface area (Å²) in [5, 5.41) is 19.7. The van der Waals surface area contributed by atoms with E-state index in [1.807, 2.05) is 0 Å². The molecule has 5 heteroatoms.